The lowest BCUT2D eigenvalue weighted by Gasteiger charge is -2.34. The number of halogens is 1. The molecule has 0 amide bonds. The van der Waals surface area contributed by atoms with E-state index in [4.69, 9.17) is 0 Å². The Morgan fingerprint density at radius 1 is 0.952 bits per heavy atom. The first-order valence-electron chi connectivity index (χ1n) is 7.14. The number of piperidine rings is 1. The number of hydrogen-bond donors (Lipinski definition) is 2. The van der Waals surface area contributed by atoms with Crippen molar-refractivity contribution in [1.82, 2.24) is 5.32 Å². The van der Waals surface area contributed by atoms with Crippen LogP contribution in [-0.2, 0) is 5.60 Å². The van der Waals surface area contributed by atoms with Crippen molar-refractivity contribution in [3.63, 3.8) is 0 Å². The second-order valence-electron chi connectivity index (χ2n) is 5.31. The number of benzene rings is 2. The largest absolute Gasteiger partial charge is 0.385 e. The van der Waals surface area contributed by atoms with E-state index in [1.807, 2.05) is 30.3 Å². The molecule has 0 atom stereocenters. The van der Waals surface area contributed by atoms with Crippen molar-refractivity contribution in [2.24, 2.45) is 0 Å². The maximum absolute atomic E-state index is 11.0. The van der Waals surface area contributed by atoms with E-state index in [1.54, 1.807) is 11.8 Å². The first-order chi connectivity index (χ1) is 10.2. The van der Waals surface area contributed by atoms with Crippen LogP contribution >= 0.6 is 27.7 Å². The van der Waals surface area contributed by atoms with Crippen LogP contribution < -0.4 is 5.32 Å². The Bertz CT molecular complexity index is 626. The van der Waals surface area contributed by atoms with Gasteiger partial charge in [-0.2, -0.15) is 0 Å². The summed E-state index contributed by atoms with van der Waals surface area (Å²) < 4.78 is 1.09. The zero-order valence-corrected chi connectivity index (χ0v) is 14.1. The summed E-state index contributed by atoms with van der Waals surface area (Å²) in [4.78, 5) is 2.30. The molecule has 1 fully saturated rings. The summed E-state index contributed by atoms with van der Waals surface area (Å²) in [7, 11) is 0. The maximum Gasteiger partial charge on any atom is 0.0931 e. The van der Waals surface area contributed by atoms with Crippen molar-refractivity contribution < 1.29 is 5.11 Å². The van der Waals surface area contributed by atoms with E-state index in [1.165, 1.54) is 4.90 Å². The second-order valence-corrected chi connectivity index (χ2v) is 7.25. The van der Waals surface area contributed by atoms with Crippen LogP contribution in [0.2, 0.25) is 0 Å². The summed E-state index contributed by atoms with van der Waals surface area (Å²) in [5.74, 6) is 0. The Balaban J connectivity index is 1.95. The SMILES string of the molecule is OC1(c2ccccc2Sc2ccccc2Br)CCNCC1. The molecule has 110 valence electrons. The van der Waals surface area contributed by atoms with Crippen LogP contribution in [0.5, 0.6) is 0 Å². The van der Waals surface area contributed by atoms with Crippen molar-refractivity contribution in [2.75, 3.05) is 13.1 Å². The van der Waals surface area contributed by atoms with Gasteiger partial charge in [0.05, 0.1) is 5.60 Å². The minimum atomic E-state index is -0.712. The first kappa shape index (κ1) is 15.1. The van der Waals surface area contributed by atoms with Crippen molar-refractivity contribution in [3.05, 3.63) is 58.6 Å². The van der Waals surface area contributed by atoms with Gasteiger partial charge in [-0.3, -0.25) is 0 Å². The summed E-state index contributed by atoms with van der Waals surface area (Å²) in [6, 6.07) is 16.4. The van der Waals surface area contributed by atoms with Crippen LogP contribution in [0, 0.1) is 0 Å². The molecule has 0 unspecified atom stereocenters. The van der Waals surface area contributed by atoms with Gasteiger partial charge in [0.2, 0.25) is 0 Å². The fraction of sp³-hybridized carbons (Fsp3) is 0.294. The molecule has 21 heavy (non-hydrogen) atoms. The van der Waals surface area contributed by atoms with Crippen molar-refractivity contribution in [2.45, 2.75) is 28.2 Å². The lowest BCUT2D eigenvalue weighted by Crippen LogP contribution is -2.40. The highest BCUT2D eigenvalue weighted by molar-refractivity contribution is 9.10. The highest BCUT2D eigenvalue weighted by Crippen LogP contribution is 2.41. The lowest BCUT2D eigenvalue weighted by atomic mass is 9.85. The highest BCUT2D eigenvalue weighted by atomic mass is 79.9. The summed E-state index contributed by atoms with van der Waals surface area (Å²) in [5, 5.41) is 14.3. The van der Waals surface area contributed by atoms with Crippen LogP contribution in [-0.4, -0.2) is 18.2 Å². The van der Waals surface area contributed by atoms with Gasteiger partial charge in [0, 0.05) is 14.3 Å². The van der Waals surface area contributed by atoms with Crippen LogP contribution in [0.1, 0.15) is 18.4 Å². The minimum Gasteiger partial charge on any atom is -0.385 e. The van der Waals surface area contributed by atoms with Gasteiger partial charge in [-0.15, -0.1) is 0 Å². The molecule has 0 bridgehead atoms. The van der Waals surface area contributed by atoms with E-state index in [2.05, 4.69) is 39.4 Å². The molecule has 2 aromatic carbocycles. The number of nitrogens with one attached hydrogen (secondary N) is 1. The second kappa shape index (κ2) is 6.53. The smallest absolute Gasteiger partial charge is 0.0931 e. The Kier molecular flexibility index (Phi) is 4.69. The Morgan fingerprint density at radius 3 is 2.29 bits per heavy atom. The summed E-state index contributed by atoms with van der Waals surface area (Å²) in [6.45, 7) is 1.73. The quantitative estimate of drug-likeness (QED) is 0.857. The third-order valence-electron chi connectivity index (χ3n) is 3.88. The van der Waals surface area contributed by atoms with Crippen LogP contribution in [0.25, 0.3) is 0 Å². The predicted molar refractivity (Wildman–Crippen MR) is 90.7 cm³/mol. The van der Waals surface area contributed by atoms with Crippen molar-refractivity contribution in [1.29, 1.82) is 0 Å². The van der Waals surface area contributed by atoms with E-state index >= 15 is 0 Å². The molecule has 3 rings (SSSR count). The average Bonchev–Trinajstić information content (AvgIpc) is 2.51. The van der Waals surface area contributed by atoms with Gasteiger partial charge in [0.25, 0.3) is 0 Å². The van der Waals surface area contributed by atoms with Gasteiger partial charge in [-0.1, -0.05) is 42.1 Å². The average molecular weight is 364 g/mol. The van der Waals surface area contributed by atoms with E-state index in [9.17, 15) is 5.11 Å². The monoisotopic (exact) mass is 363 g/mol. The normalized spacial score (nSPS) is 17.6. The lowest BCUT2D eigenvalue weighted by molar-refractivity contribution is 0.00351. The van der Waals surface area contributed by atoms with Gasteiger partial charge in [0.1, 0.15) is 0 Å². The van der Waals surface area contributed by atoms with Gasteiger partial charge >= 0.3 is 0 Å². The molecule has 4 heteroatoms. The predicted octanol–water partition coefficient (Wildman–Crippen LogP) is 4.17. The molecule has 1 heterocycles. The number of hydrogen-bond acceptors (Lipinski definition) is 3. The summed E-state index contributed by atoms with van der Waals surface area (Å²) in [5.41, 5.74) is 0.336. The van der Waals surface area contributed by atoms with Gasteiger partial charge in [-0.05, 0) is 65.6 Å². The molecule has 1 aliphatic rings. The maximum atomic E-state index is 11.0. The number of rotatable bonds is 3. The summed E-state index contributed by atoms with van der Waals surface area (Å²) in [6.07, 6.45) is 1.53. The topological polar surface area (TPSA) is 32.3 Å². The fourth-order valence-electron chi connectivity index (χ4n) is 2.70. The molecule has 1 aliphatic heterocycles. The standard InChI is InChI=1S/C17H18BrNOS/c18-14-6-2-4-8-16(14)21-15-7-3-1-5-13(15)17(20)9-11-19-12-10-17/h1-8,19-20H,9-12H2. The van der Waals surface area contributed by atoms with Crippen LogP contribution in [0.15, 0.2) is 62.8 Å². The van der Waals surface area contributed by atoms with E-state index in [-0.39, 0.29) is 0 Å². The molecule has 0 spiro atoms. The molecule has 2 nitrogen and oxygen atoms in total. The van der Waals surface area contributed by atoms with E-state index in [0.717, 1.165) is 40.9 Å². The molecule has 0 radical (unpaired) electrons. The fourth-order valence-corrected chi connectivity index (χ4v) is 4.29. The molecule has 1 saturated heterocycles. The zero-order chi connectivity index (χ0) is 14.7. The van der Waals surface area contributed by atoms with Gasteiger partial charge in [0.15, 0.2) is 0 Å². The van der Waals surface area contributed by atoms with Crippen molar-refractivity contribution >= 4 is 27.7 Å². The zero-order valence-electron chi connectivity index (χ0n) is 11.7. The third-order valence-corrected chi connectivity index (χ3v) is 5.98. The Labute approximate surface area is 138 Å². The number of aliphatic hydroxyl groups is 1. The molecule has 0 aliphatic carbocycles. The molecule has 2 N–H and O–H groups in total. The Hall–Kier alpha value is -0.810. The first-order valence-corrected chi connectivity index (χ1v) is 8.75. The molecular formula is C17H18BrNOS. The Morgan fingerprint density at radius 2 is 1.57 bits per heavy atom. The molecule has 2 aromatic rings. The van der Waals surface area contributed by atoms with Gasteiger partial charge in [-0.25, -0.2) is 0 Å². The summed E-state index contributed by atoms with van der Waals surface area (Å²) >= 11 is 5.30. The minimum absolute atomic E-state index is 0.712. The highest BCUT2D eigenvalue weighted by Gasteiger charge is 2.33. The molecule has 0 saturated carbocycles. The van der Waals surface area contributed by atoms with E-state index < -0.39 is 5.60 Å². The third kappa shape index (κ3) is 3.34. The van der Waals surface area contributed by atoms with Crippen LogP contribution in [0.3, 0.4) is 0 Å². The van der Waals surface area contributed by atoms with Crippen LogP contribution in [0.4, 0.5) is 0 Å². The molecule has 0 aromatic heterocycles. The molecular weight excluding hydrogens is 346 g/mol. The van der Waals surface area contributed by atoms with Gasteiger partial charge < -0.3 is 10.4 Å². The van der Waals surface area contributed by atoms with Crippen molar-refractivity contribution in [3.8, 4) is 0 Å². The van der Waals surface area contributed by atoms with E-state index in [0.29, 0.717) is 0 Å².